The first-order valence-corrected chi connectivity index (χ1v) is 12.5. The van der Waals surface area contributed by atoms with Crippen LogP contribution in [0.5, 0.6) is 5.75 Å². The summed E-state index contributed by atoms with van der Waals surface area (Å²) in [5, 5.41) is 3.10. The number of methoxy groups -OCH3 is 1. The van der Waals surface area contributed by atoms with Gasteiger partial charge in [0, 0.05) is 5.02 Å². The Labute approximate surface area is 213 Å². The molecule has 0 unspecified atom stereocenters. The van der Waals surface area contributed by atoms with E-state index in [1.165, 1.54) is 61.7 Å². The van der Waals surface area contributed by atoms with Gasteiger partial charge in [0.15, 0.2) is 0 Å². The molecule has 0 spiro atoms. The Bertz CT molecular complexity index is 1310. The van der Waals surface area contributed by atoms with Crippen LogP contribution >= 0.6 is 23.2 Å². The third-order valence-electron chi connectivity index (χ3n) is 4.79. The minimum atomic E-state index is -4.15. The first-order chi connectivity index (χ1) is 16.6. The average molecular weight is 537 g/mol. The van der Waals surface area contributed by atoms with Crippen LogP contribution in [-0.4, -0.2) is 40.6 Å². The quantitative estimate of drug-likeness (QED) is 0.385. The zero-order chi connectivity index (χ0) is 25.6. The Morgan fingerprint density at radius 3 is 2.23 bits per heavy atom. The summed E-state index contributed by atoms with van der Waals surface area (Å²) in [6, 6.07) is 16.1. The van der Waals surface area contributed by atoms with E-state index in [0.29, 0.717) is 17.4 Å². The highest BCUT2D eigenvalue weighted by Crippen LogP contribution is 2.28. The number of benzene rings is 3. The predicted molar refractivity (Wildman–Crippen MR) is 135 cm³/mol. The molecule has 184 valence electrons. The van der Waals surface area contributed by atoms with Crippen LogP contribution in [-0.2, 0) is 19.6 Å². The maximum atomic E-state index is 13.5. The van der Waals surface area contributed by atoms with Crippen molar-refractivity contribution >= 4 is 56.5 Å². The normalized spacial score (nSPS) is 11.0. The fourth-order valence-corrected chi connectivity index (χ4v) is 4.82. The monoisotopic (exact) mass is 536 g/mol. The number of hydrogen-bond acceptors (Lipinski definition) is 6. The molecule has 0 saturated heterocycles. The van der Waals surface area contributed by atoms with E-state index in [0.717, 1.165) is 4.31 Å². The van der Waals surface area contributed by atoms with Crippen molar-refractivity contribution in [2.45, 2.75) is 11.8 Å². The number of anilines is 2. The van der Waals surface area contributed by atoms with Crippen LogP contribution in [0.1, 0.15) is 17.3 Å². The highest BCUT2D eigenvalue weighted by Gasteiger charge is 2.27. The summed E-state index contributed by atoms with van der Waals surface area (Å²) in [5.74, 6) is -0.741. The van der Waals surface area contributed by atoms with Gasteiger partial charge < -0.3 is 14.8 Å². The van der Waals surface area contributed by atoms with Gasteiger partial charge in [-0.25, -0.2) is 13.2 Å². The van der Waals surface area contributed by atoms with E-state index < -0.39 is 28.4 Å². The van der Waals surface area contributed by atoms with Gasteiger partial charge in [-0.1, -0.05) is 23.2 Å². The molecule has 0 saturated carbocycles. The summed E-state index contributed by atoms with van der Waals surface area (Å²) in [5.41, 5.74) is 0.549. The first-order valence-electron chi connectivity index (χ1n) is 10.3. The van der Waals surface area contributed by atoms with Crippen LogP contribution in [0.15, 0.2) is 71.6 Å². The Hall–Kier alpha value is -3.27. The van der Waals surface area contributed by atoms with Gasteiger partial charge in [0.2, 0.25) is 5.91 Å². The molecule has 11 heteroatoms. The minimum absolute atomic E-state index is 0.0469. The van der Waals surface area contributed by atoms with Crippen molar-refractivity contribution in [3.8, 4) is 5.75 Å². The van der Waals surface area contributed by atoms with Gasteiger partial charge in [-0.15, -0.1) is 0 Å². The van der Waals surface area contributed by atoms with E-state index in [4.69, 9.17) is 27.9 Å². The van der Waals surface area contributed by atoms with E-state index in [2.05, 4.69) is 10.1 Å². The Morgan fingerprint density at radius 2 is 1.63 bits per heavy atom. The van der Waals surface area contributed by atoms with Gasteiger partial charge in [0.25, 0.3) is 10.0 Å². The number of nitrogens with one attached hydrogen (secondary N) is 1. The van der Waals surface area contributed by atoms with E-state index in [1.807, 2.05) is 6.92 Å². The van der Waals surface area contributed by atoms with Crippen molar-refractivity contribution in [1.82, 2.24) is 0 Å². The van der Waals surface area contributed by atoms with Crippen molar-refractivity contribution in [1.29, 1.82) is 0 Å². The van der Waals surface area contributed by atoms with Gasteiger partial charge in [0.1, 0.15) is 12.3 Å². The number of rotatable bonds is 9. The number of amides is 1. The molecular formula is C24H22Cl2N2O6S. The van der Waals surface area contributed by atoms with Crippen molar-refractivity contribution in [2.24, 2.45) is 0 Å². The van der Waals surface area contributed by atoms with Crippen LogP contribution in [0.25, 0.3) is 0 Å². The predicted octanol–water partition coefficient (Wildman–Crippen LogP) is 5.01. The number of nitrogens with zero attached hydrogens (tertiary/aromatic N) is 1. The second-order valence-electron chi connectivity index (χ2n) is 7.13. The second kappa shape index (κ2) is 11.4. The molecule has 0 bridgehead atoms. The molecule has 0 aliphatic rings. The van der Waals surface area contributed by atoms with Gasteiger partial charge in [-0.05, 0) is 73.7 Å². The molecule has 0 heterocycles. The van der Waals surface area contributed by atoms with E-state index in [-0.39, 0.29) is 26.9 Å². The molecule has 1 N–H and O–H groups in total. The number of ether oxygens (including phenoxy) is 2. The lowest BCUT2D eigenvalue weighted by atomic mass is 10.2. The van der Waals surface area contributed by atoms with Crippen LogP contribution in [0, 0.1) is 0 Å². The molecule has 0 aromatic heterocycles. The van der Waals surface area contributed by atoms with Gasteiger partial charge in [0.05, 0.1) is 40.6 Å². The molecule has 0 atom stereocenters. The summed E-state index contributed by atoms with van der Waals surface area (Å²) in [4.78, 5) is 24.7. The molecule has 1 amide bonds. The molecule has 35 heavy (non-hydrogen) atoms. The first kappa shape index (κ1) is 26.3. The molecule has 8 nitrogen and oxygen atoms in total. The van der Waals surface area contributed by atoms with Crippen LogP contribution in [0.2, 0.25) is 10.0 Å². The fraction of sp³-hybridized carbons (Fsp3) is 0.167. The lowest BCUT2D eigenvalue weighted by molar-refractivity contribution is -0.114. The topological polar surface area (TPSA) is 102 Å². The molecule has 3 rings (SSSR count). The number of carbonyl (C=O) groups is 2. The lowest BCUT2D eigenvalue weighted by Crippen LogP contribution is -2.38. The summed E-state index contributed by atoms with van der Waals surface area (Å²) in [6.45, 7) is 1.70. The highest BCUT2D eigenvalue weighted by atomic mass is 35.5. The van der Waals surface area contributed by atoms with Gasteiger partial charge >= 0.3 is 5.97 Å². The van der Waals surface area contributed by atoms with Gasteiger partial charge in [-0.2, -0.15) is 0 Å². The average Bonchev–Trinajstić information content (AvgIpc) is 2.84. The van der Waals surface area contributed by atoms with Crippen LogP contribution in [0.3, 0.4) is 0 Å². The number of carbonyl (C=O) groups excluding carboxylic acids is 2. The summed E-state index contributed by atoms with van der Waals surface area (Å²) >= 11 is 12.1. The number of esters is 1. The number of halogens is 2. The zero-order valence-corrected chi connectivity index (χ0v) is 21.2. The highest BCUT2D eigenvalue weighted by molar-refractivity contribution is 7.92. The Kier molecular flexibility index (Phi) is 8.61. The largest absolute Gasteiger partial charge is 0.494 e. The Morgan fingerprint density at radius 1 is 0.971 bits per heavy atom. The maximum Gasteiger partial charge on any atom is 0.337 e. The molecule has 3 aromatic carbocycles. The van der Waals surface area contributed by atoms with Crippen molar-refractivity contribution < 1.29 is 27.5 Å². The maximum absolute atomic E-state index is 13.5. The van der Waals surface area contributed by atoms with Crippen LogP contribution in [0.4, 0.5) is 11.4 Å². The minimum Gasteiger partial charge on any atom is -0.494 e. The summed E-state index contributed by atoms with van der Waals surface area (Å²) in [7, 11) is -2.93. The molecule has 0 fully saturated rings. The SMILES string of the molecule is CCOc1ccc(N(CC(=O)Nc2cc(C(=O)OC)ccc2Cl)S(=O)(=O)c2ccc(Cl)cc2)cc1. The zero-order valence-electron chi connectivity index (χ0n) is 18.8. The number of sulfonamides is 1. The molecule has 3 aromatic rings. The molecule has 0 radical (unpaired) electrons. The number of hydrogen-bond donors (Lipinski definition) is 1. The lowest BCUT2D eigenvalue weighted by Gasteiger charge is -2.24. The third kappa shape index (κ3) is 6.45. The Balaban J connectivity index is 1.94. The second-order valence-corrected chi connectivity index (χ2v) is 9.83. The van der Waals surface area contributed by atoms with Crippen molar-refractivity contribution in [3.63, 3.8) is 0 Å². The van der Waals surface area contributed by atoms with Crippen LogP contribution < -0.4 is 14.4 Å². The summed E-state index contributed by atoms with van der Waals surface area (Å²) in [6.07, 6.45) is 0. The van der Waals surface area contributed by atoms with E-state index in [1.54, 1.807) is 12.1 Å². The van der Waals surface area contributed by atoms with Gasteiger partial charge in [-0.3, -0.25) is 9.10 Å². The van der Waals surface area contributed by atoms with Crippen molar-refractivity contribution in [2.75, 3.05) is 29.9 Å². The smallest absolute Gasteiger partial charge is 0.337 e. The van der Waals surface area contributed by atoms with E-state index >= 15 is 0 Å². The molecular weight excluding hydrogens is 515 g/mol. The fourth-order valence-electron chi connectivity index (χ4n) is 3.11. The third-order valence-corrected chi connectivity index (χ3v) is 7.16. The summed E-state index contributed by atoms with van der Waals surface area (Å²) < 4.78 is 38.0. The van der Waals surface area contributed by atoms with E-state index in [9.17, 15) is 18.0 Å². The molecule has 0 aliphatic heterocycles. The van der Waals surface area contributed by atoms with Crippen molar-refractivity contribution in [3.05, 3.63) is 82.3 Å². The molecule has 0 aliphatic carbocycles. The standard InChI is InChI=1S/C24H22Cl2N2O6S/c1-3-34-19-9-7-18(8-10-19)28(35(31,32)20-11-5-17(25)6-12-20)15-23(29)27-22-14-16(24(30)33-2)4-13-21(22)26/h4-14H,3,15H2,1-2H3,(H,27,29).